The van der Waals surface area contributed by atoms with Crippen molar-refractivity contribution in [3.63, 3.8) is 0 Å². The van der Waals surface area contributed by atoms with Gasteiger partial charge in [-0.3, -0.25) is 4.68 Å². The minimum absolute atomic E-state index is 0.0310. The number of hydrogen-bond donors (Lipinski definition) is 2. The first-order valence-corrected chi connectivity index (χ1v) is 9.39. The zero-order valence-electron chi connectivity index (χ0n) is 14.5. The lowest BCUT2D eigenvalue weighted by Crippen LogP contribution is -2.44. The first kappa shape index (κ1) is 16.2. The number of aromatic amines is 1. The first-order chi connectivity index (χ1) is 12.3. The molecule has 4 rings (SSSR count). The zero-order chi connectivity index (χ0) is 17.1. The SMILES string of the molecule is O=C(NCc1ccn(C2CCCC2)n1)N1CCCC[C@H]1c1ncc[nH]1. The summed E-state index contributed by atoms with van der Waals surface area (Å²) in [6.45, 7) is 1.24. The molecule has 1 aliphatic carbocycles. The Morgan fingerprint density at radius 1 is 1.24 bits per heavy atom. The van der Waals surface area contributed by atoms with Crippen LogP contribution in [0.2, 0.25) is 0 Å². The van der Waals surface area contributed by atoms with Crippen LogP contribution in [0.15, 0.2) is 24.7 Å². The molecule has 1 saturated heterocycles. The number of imidazole rings is 1. The van der Waals surface area contributed by atoms with E-state index in [1.165, 1.54) is 25.7 Å². The predicted molar refractivity (Wildman–Crippen MR) is 93.9 cm³/mol. The Balaban J connectivity index is 1.36. The monoisotopic (exact) mass is 342 g/mol. The Hall–Kier alpha value is -2.31. The van der Waals surface area contributed by atoms with Gasteiger partial charge in [0.15, 0.2) is 0 Å². The van der Waals surface area contributed by atoms with E-state index >= 15 is 0 Å². The van der Waals surface area contributed by atoms with Gasteiger partial charge in [0.2, 0.25) is 0 Å². The molecule has 2 aromatic rings. The van der Waals surface area contributed by atoms with Gasteiger partial charge in [-0.25, -0.2) is 9.78 Å². The fourth-order valence-corrected chi connectivity index (χ4v) is 4.03. The van der Waals surface area contributed by atoms with Crippen LogP contribution in [-0.4, -0.2) is 37.2 Å². The first-order valence-electron chi connectivity index (χ1n) is 9.39. The number of H-pyrrole nitrogens is 1. The minimum Gasteiger partial charge on any atom is -0.347 e. The van der Waals surface area contributed by atoms with E-state index in [9.17, 15) is 4.79 Å². The van der Waals surface area contributed by atoms with Gasteiger partial charge in [-0.2, -0.15) is 5.10 Å². The molecule has 1 aliphatic heterocycles. The summed E-state index contributed by atoms with van der Waals surface area (Å²) in [7, 11) is 0. The number of amides is 2. The van der Waals surface area contributed by atoms with E-state index in [0.29, 0.717) is 12.6 Å². The molecule has 0 unspecified atom stereocenters. The fraction of sp³-hybridized carbons (Fsp3) is 0.611. The second-order valence-electron chi connectivity index (χ2n) is 7.06. The van der Waals surface area contributed by atoms with Crippen LogP contribution in [0, 0.1) is 0 Å². The Morgan fingerprint density at radius 3 is 2.88 bits per heavy atom. The van der Waals surface area contributed by atoms with E-state index in [4.69, 9.17) is 0 Å². The van der Waals surface area contributed by atoms with Crippen LogP contribution >= 0.6 is 0 Å². The molecule has 7 heteroatoms. The zero-order valence-corrected chi connectivity index (χ0v) is 14.5. The second-order valence-corrected chi connectivity index (χ2v) is 7.06. The van der Waals surface area contributed by atoms with E-state index in [1.807, 2.05) is 23.4 Å². The lowest BCUT2D eigenvalue weighted by molar-refractivity contribution is 0.147. The normalized spacial score (nSPS) is 21.6. The lowest BCUT2D eigenvalue weighted by Gasteiger charge is -2.34. The number of carbonyl (C=O) groups is 1. The highest BCUT2D eigenvalue weighted by Gasteiger charge is 2.29. The maximum Gasteiger partial charge on any atom is 0.318 e. The van der Waals surface area contributed by atoms with E-state index in [0.717, 1.165) is 37.3 Å². The quantitative estimate of drug-likeness (QED) is 0.896. The van der Waals surface area contributed by atoms with Crippen LogP contribution in [0.5, 0.6) is 0 Å². The van der Waals surface area contributed by atoms with Gasteiger partial charge in [0.25, 0.3) is 0 Å². The summed E-state index contributed by atoms with van der Waals surface area (Å²) in [5.74, 6) is 0.875. The second kappa shape index (κ2) is 7.29. The number of carbonyl (C=O) groups excluding carboxylic acids is 1. The molecule has 134 valence electrons. The van der Waals surface area contributed by atoms with E-state index in [1.54, 1.807) is 6.20 Å². The van der Waals surface area contributed by atoms with Crippen LogP contribution in [0.4, 0.5) is 4.79 Å². The van der Waals surface area contributed by atoms with Gasteiger partial charge >= 0.3 is 6.03 Å². The number of likely N-dealkylation sites (tertiary alicyclic amines) is 1. The molecule has 7 nitrogen and oxygen atoms in total. The molecule has 2 amide bonds. The Morgan fingerprint density at radius 2 is 2.08 bits per heavy atom. The molecule has 0 bridgehead atoms. The van der Waals surface area contributed by atoms with E-state index in [2.05, 4.69) is 25.1 Å². The van der Waals surface area contributed by atoms with Crippen molar-refractivity contribution in [3.8, 4) is 0 Å². The number of urea groups is 1. The molecule has 2 N–H and O–H groups in total. The van der Waals surface area contributed by atoms with Crippen LogP contribution in [0.25, 0.3) is 0 Å². The van der Waals surface area contributed by atoms with Crippen LogP contribution in [0.3, 0.4) is 0 Å². The maximum atomic E-state index is 12.7. The molecule has 0 spiro atoms. The third-order valence-electron chi connectivity index (χ3n) is 5.38. The van der Waals surface area contributed by atoms with Crippen LogP contribution in [0.1, 0.15) is 68.5 Å². The van der Waals surface area contributed by atoms with Gasteiger partial charge in [0.1, 0.15) is 5.82 Å². The van der Waals surface area contributed by atoms with Crippen molar-refractivity contribution in [1.29, 1.82) is 0 Å². The summed E-state index contributed by atoms with van der Waals surface area (Å²) in [6.07, 6.45) is 13.7. The van der Waals surface area contributed by atoms with Crippen molar-refractivity contribution in [1.82, 2.24) is 30.0 Å². The summed E-state index contributed by atoms with van der Waals surface area (Å²) in [5.41, 5.74) is 0.923. The molecule has 0 aromatic carbocycles. The minimum atomic E-state index is -0.0310. The summed E-state index contributed by atoms with van der Waals surface area (Å²) in [5, 5.41) is 7.68. The smallest absolute Gasteiger partial charge is 0.318 e. The largest absolute Gasteiger partial charge is 0.347 e. The molecule has 25 heavy (non-hydrogen) atoms. The summed E-state index contributed by atoms with van der Waals surface area (Å²) in [4.78, 5) is 22.1. The van der Waals surface area contributed by atoms with E-state index < -0.39 is 0 Å². The van der Waals surface area contributed by atoms with Gasteiger partial charge in [0, 0.05) is 25.1 Å². The molecule has 2 aromatic heterocycles. The van der Waals surface area contributed by atoms with Crippen molar-refractivity contribution < 1.29 is 4.79 Å². The molecule has 1 atom stereocenters. The molecule has 3 heterocycles. The fourth-order valence-electron chi connectivity index (χ4n) is 4.03. The number of piperidine rings is 1. The van der Waals surface area contributed by atoms with Gasteiger partial charge in [0.05, 0.1) is 24.3 Å². The highest BCUT2D eigenvalue weighted by molar-refractivity contribution is 5.74. The molecular formula is C18H26N6O. The van der Waals surface area contributed by atoms with Gasteiger partial charge in [-0.15, -0.1) is 0 Å². The number of nitrogens with zero attached hydrogens (tertiary/aromatic N) is 4. The lowest BCUT2D eigenvalue weighted by atomic mass is 10.0. The van der Waals surface area contributed by atoms with Gasteiger partial charge < -0.3 is 15.2 Å². The standard InChI is InChI=1S/C18H26N6O/c25-18(23-11-4-3-7-16(23)17-19-9-10-20-17)21-13-14-8-12-24(22-14)15-5-1-2-6-15/h8-10,12,15-16H,1-7,11,13H2,(H,19,20)(H,21,25)/t16-/m0/s1. The molecule has 0 radical (unpaired) electrons. The van der Waals surface area contributed by atoms with Crippen molar-refractivity contribution in [2.45, 2.75) is 63.6 Å². The van der Waals surface area contributed by atoms with Crippen molar-refractivity contribution >= 4 is 6.03 Å². The van der Waals surface area contributed by atoms with E-state index in [-0.39, 0.29) is 12.1 Å². The molecular weight excluding hydrogens is 316 g/mol. The topological polar surface area (TPSA) is 78.8 Å². The highest BCUT2D eigenvalue weighted by Crippen LogP contribution is 2.29. The van der Waals surface area contributed by atoms with Crippen LogP contribution in [-0.2, 0) is 6.54 Å². The molecule has 2 aliphatic rings. The maximum absolute atomic E-state index is 12.7. The number of hydrogen-bond acceptors (Lipinski definition) is 3. The number of aromatic nitrogens is 4. The number of rotatable bonds is 4. The van der Waals surface area contributed by atoms with Gasteiger partial charge in [-0.1, -0.05) is 12.8 Å². The molecule has 2 fully saturated rings. The Kier molecular flexibility index (Phi) is 4.72. The third kappa shape index (κ3) is 3.55. The van der Waals surface area contributed by atoms with Gasteiger partial charge in [-0.05, 0) is 38.2 Å². The van der Waals surface area contributed by atoms with Crippen molar-refractivity contribution in [2.75, 3.05) is 6.54 Å². The molecule has 1 saturated carbocycles. The summed E-state index contributed by atoms with van der Waals surface area (Å²) in [6, 6.07) is 2.56. The average molecular weight is 342 g/mol. The van der Waals surface area contributed by atoms with Crippen molar-refractivity contribution in [2.24, 2.45) is 0 Å². The number of nitrogens with one attached hydrogen (secondary N) is 2. The Bertz CT molecular complexity index is 688. The van der Waals surface area contributed by atoms with Crippen LogP contribution < -0.4 is 5.32 Å². The third-order valence-corrected chi connectivity index (χ3v) is 5.38. The summed E-state index contributed by atoms with van der Waals surface area (Å²) < 4.78 is 2.07. The average Bonchev–Trinajstić information content (AvgIpc) is 3.41. The summed E-state index contributed by atoms with van der Waals surface area (Å²) >= 11 is 0. The predicted octanol–water partition coefficient (Wildman–Crippen LogP) is 3.16. The Labute approximate surface area is 147 Å². The van der Waals surface area contributed by atoms with Crippen molar-refractivity contribution in [3.05, 3.63) is 36.2 Å². The highest BCUT2D eigenvalue weighted by atomic mass is 16.2.